The molecule has 8 heteroatoms. The van der Waals surface area contributed by atoms with Crippen molar-refractivity contribution >= 4 is 0 Å². The molecule has 7 nitrogen and oxygen atoms in total. The molecule has 0 aromatic carbocycles. The SMILES string of the molecule is Cc1cc(CN2C[C@@H](F)C[C@H]2CN(C)Cc2noc(C3CC3)n2)on1. The quantitative estimate of drug-likeness (QED) is 0.759. The Hall–Kier alpha value is -1.80. The van der Waals surface area contributed by atoms with Crippen LogP contribution >= 0.6 is 0 Å². The number of nitrogens with zero attached hydrogens (tertiary/aromatic N) is 5. The minimum atomic E-state index is -0.797. The van der Waals surface area contributed by atoms with Gasteiger partial charge in [-0.15, -0.1) is 0 Å². The largest absolute Gasteiger partial charge is 0.360 e. The lowest BCUT2D eigenvalue weighted by molar-refractivity contribution is 0.164. The van der Waals surface area contributed by atoms with Gasteiger partial charge in [0.1, 0.15) is 6.17 Å². The zero-order chi connectivity index (χ0) is 17.4. The van der Waals surface area contributed by atoms with Gasteiger partial charge in [-0.05, 0) is 33.2 Å². The highest BCUT2D eigenvalue weighted by molar-refractivity contribution is 5.04. The van der Waals surface area contributed by atoms with Crippen molar-refractivity contribution in [1.82, 2.24) is 25.1 Å². The van der Waals surface area contributed by atoms with E-state index in [0.29, 0.717) is 37.8 Å². The molecule has 0 unspecified atom stereocenters. The van der Waals surface area contributed by atoms with Gasteiger partial charge in [0.2, 0.25) is 5.89 Å². The fourth-order valence-corrected chi connectivity index (χ4v) is 3.49. The Morgan fingerprint density at radius 2 is 2.16 bits per heavy atom. The highest BCUT2D eigenvalue weighted by Crippen LogP contribution is 2.38. The molecule has 136 valence electrons. The van der Waals surface area contributed by atoms with Crippen molar-refractivity contribution in [3.05, 3.63) is 29.2 Å². The molecule has 0 spiro atoms. The summed E-state index contributed by atoms with van der Waals surface area (Å²) in [6, 6.07) is 2.05. The molecule has 0 amide bonds. The molecule has 2 aromatic rings. The van der Waals surface area contributed by atoms with Gasteiger partial charge in [-0.1, -0.05) is 10.3 Å². The lowest BCUT2D eigenvalue weighted by Crippen LogP contribution is -2.38. The molecule has 0 N–H and O–H groups in total. The van der Waals surface area contributed by atoms with E-state index < -0.39 is 6.17 Å². The number of hydrogen-bond donors (Lipinski definition) is 0. The second-order valence-corrected chi connectivity index (χ2v) is 7.37. The first kappa shape index (κ1) is 16.7. The van der Waals surface area contributed by atoms with Crippen LogP contribution in [0, 0.1) is 6.92 Å². The number of halogens is 1. The summed E-state index contributed by atoms with van der Waals surface area (Å²) in [6.45, 7) is 4.28. The Kier molecular flexibility index (Phi) is 4.56. The van der Waals surface area contributed by atoms with E-state index in [1.54, 1.807) is 0 Å². The molecule has 2 fully saturated rings. The third-order valence-electron chi connectivity index (χ3n) is 4.86. The van der Waals surface area contributed by atoms with Crippen LogP contribution in [0.3, 0.4) is 0 Å². The fourth-order valence-electron chi connectivity index (χ4n) is 3.49. The second-order valence-electron chi connectivity index (χ2n) is 7.37. The molecule has 4 rings (SSSR count). The van der Waals surface area contributed by atoms with Crippen LogP contribution in [0.5, 0.6) is 0 Å². The number of aryl methyl sites for hydroxylation is 1. The number of rotatable bonds is 7. The molecule has 1 aliphatic carbocycles. The van der Waals surface area contributed by atoms with E-state index >= 15 is 0 Å². The summed E-state index contributed by atoms with van der Waals surface area (Å²) >= 11 is 0. The molecule has 1 aliphatic heterocycles. The van der Waals surface area contributed by atoms with Crippen LogP contribution < -0.4 is 0 Å². The van der Waals surface area contributed by atoms with Crippen molar-refractivity contribution in [2.75, 3.05) is 20.1 Å². The van der Waals surface area contributed by atoms with Crippen LogP contribution in [0.1, 0.15) is 48.3 Å². The van der Waals surface area contributed by atoms with E-state index in [1.807, 2.05) is 20.0 Å². The number of hydrogen-bond acceptors (Lipinski definition) is 7. The first-order valence-corrected chi connectivity index (χ1v) is 8.88. The highest BCUT2D eigenvalue weighted by atomic mass is 19.1. The maximum Gasteiger partial charge on any atom is 0.229 e. The van der Waals surface area contributed by atoms with Crippen molar-refractivity contribution in [2.45, 2.75) is 57.4 Å². The maximum absolute atomic E-state index is 14.0. The third kappa shape index (κ3) is 4.07. The smallest absolute Gasteiger partial charge is 0.229 e. The second kappa shape index (κ2) is 6.84. The Morgan fingerprint density at radius 1 is 1.32 bits per heavy atom. The number of aromatic nitrogens is 3. The van der Waals surface area contributed by atoms with Crippen LogP contribution in [0.15, 0.2) is 15.1 Å². The Balaban J connectivity index is 1.33. The summed E-state index contributed by atoms with van der Waals surface area (Å²) in [5.41, 5.74) is 0.850. The average Bonchev–Trinajstić information content (AvgIpc) is 3.02. The summed E-state index contributed by atoms with van der Waals surface area (Å²) < 4.78 is 24.5. The third-order valence-corrected chi connectivity index (χ3v) is 4.86. The van der Waals surface area contributed by atoms with Gasteiger partial charge in [0, 0.05) is 31.1 Å². The van der Waals surface area contributed by atoms with Crippen molar-refractivity contribution in [3.63, 3.8) is 0 Å². The van der Waals surface area contributed by atoms with Gasteiger partial charge >= 0.3 is 0 Å². The van der Waals surface area contributed by atoms with Gasteiger partial charge < -0.3 is 9.05 Å². The van der Waals surface area contributed by atoms with E-state index in [2.05, 4.69) is 25.1 Å². The zero-order valence-corrected chi connectivity index (χ0v) is 14.7. The number of likely N-dealkylation sites (N-methyl/N-ethyl adjacent to an activating group) is 1. The lowest BCUT2D eigenvalue weighted by Gasteiger charge is -2.26. The van der Waals surface area contributed by atoms with Crippen LogP contribution in [0.2, 0.25) is 0 Å². The van der Waals surface area contributed by atoms with Gasteiger partial charge in [0.15, 0.2) is 11.6 Å². The first-order chi connectivity index (χ1) is 12.1. The van der Waals surface area contributed by atoms with Crippen LogP contribution in [-0.4, -0.2) is 57.4 Å². The summed E-state index contributed by atoms with van der Waals surface area (Å²) in [5.74, 6) is 2.72. The van der Waals surface area contributed by atoms with Gasteiger partial charge in [0.25, 0.3) is 0 Å². The Bertz CT molecular complexity index is 713. The van der Waals surface area contributed by atoms with Crippen LogP contribution in [0.25, 0.3) is 0 Å². The molecule has 1 saturated heterocycles. The molecule has 0 radical (unpaired) electrons. The lowest BCUT2D eigenvalue weighted by atomic mass is 10.2. The Morgan fingerprint density at radius 3 is 2.88 bits per heavy atom. The average molecular weight is 349 g/mol. The molecule has 3 heterocycles. The molecular formula is C17H24FN5O2. The maximum atomic E-state index is 14.0. The molecule has 2 aromatic heterocycles. The Labute approximate surface area is 146 Å². The summed E-state index contributed by atoms with van der Waals surface area (Å²) in [5, 5.41) is 7.97. The normalized spacial score (nSPS) is 24.5. The van der Waals surface area contributed by atoms with Crippen molar-refractivity contribution in [3.8, 4) is 0 Å². The predicted octanol–water partition coefficient (Wildman–Crippen LogP) is 2.29. The van der Waals surface area contributed by atoms with E-state index in [-0.39, 0.29) is 6.04 Å². The molecular weight excluding hydrogens is 325 g/mol. The van der Waals surface area contributed by atoms with E-state index in [4.69, 9.17) is 9.05 Å². The highest BCUT2D eigenvalue weighted by Gasteiger charge is 2.34. The first-order valence-electron chi connectivity index (χ1n) is 8.88. The van der Waals surface area contributed by atoms with Crippen LogP contribution in [0.4, 0.5) is 4.39 Å². The molecule has 2 aliphatic rings. The predicted molar refractivity (Wildman–Crippen MR) is 87.6 cm³/mol. The standard InChI is InChI=1S/C17H24FN5O2/c1-11-5-15(24-20-11)9-23-7-13(18)6-14(23)8-22(2)10-16-19-17(25-21-16)12-3-4-12/h5,12-14H,3-4,6-10H2,1-2H3/t13-,14-/m0/s1. The van der Waals surface area contributed by atoms with Gasteiger partial charge in [-0.2, -0.15) is 4.98 Å². The topological polar surface area (TPSA) is 71.4 Å². The molecule has 25 heavy (non-hydrogen) atoms. The van der Waals surface area contributed by atoms with E-state index in [1.165, 1.54) is 0 Å². The van der Waals surface area contributed by atoms with Crippen LogP contribution in [-0.2, 0) is 13.1 Å². The van der Waals surface area contributed by atoms with Gasteiger partial charge in [-0.25, -0.2) is 4.39 Å². The van der Waals surface area contributed by atoms with Crippen molar-refractivity contribution in [2.24, 2.45) is 0 Å². The minimum Gasteiger partial charge on any atom is -0.360 e. The molecule has 0 bridgehead atoms. The summed E-state index contributed by atoms with van der Waals surface area (Å²) in [6.07, 6.45) is 2.03. The summed E-state index contributed by atoms with van der Waals surface area (Å²) in [4.78, 5) is 8.72. The van der Waals surface area contributed by atoms with E-state index in [0.717, 1.165) is 36.7 Å². The number of alkyl halides is 1. The molecule has 1 saturated carbocycles. The van der Waals surface area contributed by atoms with E-state index in [9.17, 15) is 4.39 Å². The summed E-state index contributed by atoms with van der Waals surface area (Å²) in [7, 11) is 2.01. The zero-order valence-electron chi connectivity index (χ0n) is 14.7. The van der Waals surface area contributed by atoms with Crippen molar-refractivity contribution in [1.29, 1.82) is 0 Å². The minimum absolute atomic E-state index is 0.139. The fraction of sp³-hybridized carbons (Fsp3) is 0.706. The molecule has 2 atom stereocenters. The monoisotopic (exact) mass is 349 g/mol. The van der Waals surface area contributed by atoms with Crippen molar-refractivity contribution < 1.29 is 13.4 Å². The van der Waals surface area contributed by atoms with Gasteiger partial charge in [0.05, 0.1) is 18.8 Å². The number of likely N-dealkylation sites (tertiary alicyclic amines) is 1. The van der Waals surface area contributed by atoms with Gasteiger partial charge in [-0.3, -0.25) is 9.80 Å².